The summed E-state index contributed by atoms with van der Waals surface area (Å²) in [5.74, 6) is 1.25. The summed E-state index contributed by atoms with van der Waals surface area (Å²) in [4.78, 5) is 11.0. The van der Waals surface area contributed by atoms with Crippen molar-refractivity contribution in [2.75, 3.05) is 38.2 Å². The number of halogens is 1. The van der Waals surface area contributed by atoms with E-state index in [-0.39, 0.29) is 9.92 Å². The lowest BCUT2D eigenvalue weighted by atomic mass is 10.1. The topological polar surface area (TPSA) is 75.6 Å². The number of methoxy groups -OCH3 is 1. The summed E-state index contributed by atoms with van der Waals surface area (Å²) >= 11 is 6.18. The van der Waals surface area contributed by atoms with Gasteiger partial charge >= 0.3 is 0 Å². The molecule has 0 radical (unpaired) electrons. The van der Waals surface area contributed by atoms with Crippen molar-refractivity contribution in [2.24, 2.45) is 0 Å². The van der Waals surface area contributed by atoms with Gasteiger partial charge in [0.05, 0.1) is 22.7 Å². The van der Waals surface area contributed by atoms with Gasteiger partial charge < -0.3 is 9.64 Å². The molecule has 0 unspecified atom stereocenters. The summed E-state index contributed by atoms with van der Waals surface area (Å²) in [5, 5.41) is 0.278. The molecule has 0 spiro atoms. The number of hydrogen-bond acceptors (Lipinski definition) is 6. The van der Waals surface area contributed by atoms with Gasteiger partial charge in [-0.05, 0) is 24.6 Å². The fourth-order valence-corrected chi connectivity index (χ4v) is 5.61. The third kappa shape index (κ3) is 4.37. The maximum absolute atomic E-state index is 13.2. The number of hydrogen-bond donors (Lipinski definition) is 0. The molecule has 162 valence electrons. The number of aromatic nitrogens is 2. The molecular formula is C22H23ClN4O3S. The average molecular weight is 459 g/mol. The first-order valence-corrected chi connectivity index (χ1v) is 11.7. The van der Waals surface area contributed by atoms with Crippen LogP contribution in [-0.2, 0) is 10.0 Å². The van der Waals surface area contributed by atoms with Gasteiger partial charge in [-0.2, -0.15) is 4.31 Å². The monoisotopic (exact) mass is 458 g/mol. The van der Waals surface area contributed by atoms with Crippen LogP contribution in [0.25, 0.3) is 11.3 Å². The third-order valence-corrected chi connectivity index (χ3v) is 7.69. The molecule has 0 bridgehead atoms. The fourth-order valence-electron chi connectivity index (χ4n) is 3.65. The van der Waals surface area contributed by atoms with Gasteiger partial charge in [0.1, 0.15) is 17.9 Å². The van der Waals surface area contributed by atoms with Gasteiger partial charge in [0.25, 0.3) is 0 Å². The van der Waals surface area contributed by atoms with Crippen LogP contribution in [0.15, 0.2) is 59.8 Å². The first-order valence-electron chi connectivity index (χ1n) is 9.87. The highest BCUT2D eigenvalue weighted by atomic mass is 35.5. The lowest BCUT2D eigenvalue weighted by Gasteiger charge is -2.35. The first kappa shape index (κ1) is 21.5. The summed E-state index contributed by atoms with van der Waals surface area (Å²) in [6, 6.07) is 14.9. The van der Waals surface area contributed by atoms with E-state index in [0.717, 1.165) is 17.1 Å². The van der Waals surface area contributed by atoms with Crippen LogP contribution < -0.4 is 9.64 Å². The van der Waals surface area contributed by atoms with E-state index in [0.29, 0.717) is 37.5 Å². The molecule has 4 rings (SSSR count). The lowest BCUT2D eigenvalue weighted by Crippen LogP contribution is -2.49. The molecule has 0 N–H and O–H groups in total. The van der Waals surface area contributed by atoms with Crippen molar-refractivity contribution in [3.8, 4) is 17.0 Å². The number of aryl methyl sites for hydroxylation is 1. The normalized spacial score (nSPS) is 15.1. The lowest BCUT2D eigenvalue weighted by molar-refractivity contribution is 0.383. The molecule has 9 heteroatoms. The summed E-state index contributed by atoms with van der Waals surface area (Å²) in [7, 11) is -2.16. The van der Waals surface area contributed by atoms with Crippen molar-refractivity contribution >= 4 is 27.4 Å². The van der Waals surface area contributed by atoms with Gasteiger partial charge in [-0.25, -0.2) is 18.4 Å². The quantitative estimate of drug-likeness (QED) is 0.581. The van der Waals surface area contributed by atoms with Crippen molar-refractivity contribution in [1.82, 2.24) is 14.3 Å². The van der Waals surface area contributed by atoms with Gasteiger partial charge in [0.15, 0.2) is 0 Å². The minimum Gasteiger partial charge on any atom is -0.495 e. The zero-order valence-corrected chi connectivity index (χ0v) is 18.9. The highest BCUT2D eigenvalue weighted by Gasteiger charge is 2.31. The van der Waals surface area contributed by atoms with E-state index in [9.17, 15) is 8.42 Å². The molecule has 0 amide bonds. The minimum atomic E-state index is -3.66. The molecule has 1 saturated heterocycles. The number of nitrogens with zero attached hydrogens (tertiary/aromatic N) is 4. The Kier molecular flexibility index (Phi) is 6.13. The van der Waals surface area contributed by atoms with Crippen LogP contribution in [0.5, 0.6) is 5.75 Å². The standard InChI is InChI=1S/C22H23ClN4O3S/c1-16-12-20(30-2)18(23)13-21(16)31(28,29)27-10-8-26(9-11-27)22-14-19(24-15-25-22)17-6-4-3-5-7-17/h3-7,12-15H,8-11H2,1-2H3. The number of benzene rings is 2. The van der Waals surface area contributed by atoms with Crippen molar-refractivity contribution in [3.63, 3.8) is 0 Å². The van der Waals surface area contributed by atoms with Crippen LogP contribution in [0.4, 0.5) is 5.82 Å². The zero-order chi connectivity index (χ0) is 22.0. The van der Waals surface area contributed by atoms with E-state index in [2.05, 4.69) is 14.9 Å². The van der Waals surface area contributed by atoms with Gasteiger partial charge in [0.2, 0.25) is 10.0 Å². The minimum absolute atomic E-state index is 0.208. The highest BCUT2D eigenvalue weighted by molar-refractivity contribution is 7.89. The smallest absolute Gasteiger partial charge is 0.243 e. The third-order valence-electron chi connectivity index (χ3n) is 5.35. The van der Waals surface area contributed by atoms with Crippen molar-refractivity contribution in [2.45, 2.75) is 11.8 Å². The Morgan fingerprint density at radius 3 is 2.39 bits per heavy atom. The zero-order valence-electron chi connectivity index (χ0n) is 17.3. The molecule has 1 aromatic heterocycles. The second kappa shape index (κ2) is 8.82. The molecule has 0 atom stereocenters. The average Bonchev–Trinajstić information content (AvgIpc) is 2.81. The van der Waals surface area contributed by atoms with Crippen LogP contribution in [0.2, 0.25) is 5.02 Å². The molecule has 0 aliphatic carbocycles. The van der Waals surface area contributed by atoms with E-state index in [1.165, 1.54) is 17.5 Å². The molecule has 1 fully saturated rings. The van der Waals surface area contributed by atoms with Gasteiger partial charge in [-0.1, -0.05) is 41.9 Å². The van der Waals surface area contributed by atoms with Crippen LogP contribution in [0.1, 0.15) is 5.56 Å². The van der Waals surface area contributed by atoms with Crippen LogP contribution in [0.3, 0.4) is 0 Å². The molecule has 2 aromatic carbocycles. The SMILES string of the molecule is COc1cc(C)c(S(=O)(=O)N2CCN(c3cc(-c4ccccc4)ncn3)CC2)cc1Cl. The summed E-state index contributed by atoms with van der Waals surface area (Å²) in [6.45, 7) is 3.53. The van der Waals surface area contributed by atoms with E-state index in [4.69, 9.17) is 16.3 Å². The van der Waals surface area contributed by atoms with E-state index in [1.807, 2.05) is 36.4 Å². The van der Waals surface area contributed by atoms with Crippen molar-refractivity contribution < 1.29 is 13.2 Å². The molecule has 3 aromatic rings. The van der Waals surface area contributed by atoms with E-state index in [1.54, 1.807) is 19.3 Å². The van der Waals surface area contributed by atoms with Crippen molar-refractivity contribution in [1.29, 1.82) is 0 Å². The number of ether oxygens (including phenoxy) is 1. The highest BCUT2D eigenvalue weighted by Crippen LogP contribution is 2.32. The molecule has 2 heterocycles. The molecular weight excluding hydrogens is 436 g/mol. The van der Waals surface area contributed by atoms with Gasteiger partial charge in [-0.15, -0.1) is 0 Å². The summed E-state index contributed by atoms with van der Waals surface area (Å²) < 4.78 is 33.1. The number of sulfonamides is 1. The molecule has 31 heavy (non-hydrogen) atoms. The Morgan fingerprint density at radius 1 is 1.00 bits per heavy atom. The van der Waals surface area contributed by atoms with E-state index < -0.39 is 10.0 Å². The predicted octanol–water partition coefficient (Wildman–Crippen LogP) is 3.62. The number of piperazine rings is 1. The Balaban J connectivity index is 1.51. The fraction of sp³-hybridized carbons (Fsp3) is 0.273. The molecule has 1 aliphatic heterocycles. The first-order chi connectivity index (χ1) is 14.9. The largest absolute Gasteiger partial charge is 0.495 e. The van der Waals surface area contributed by atoms with Crippen molar-refractivity contribution in [3.05, 3.63) is 65.4 Å². The number of rotatable bonds is 5. The Hall–Kier alpha value is -2.68. The maximum atomic E-state index is 13.2. The molecule has 1 aliphatic rings. The molecule has 0 saturated carbocycles. The second-order valence-electron chi connectivity index (χ2n) is 7.27. The molecule has 7 nitrogen and oxygen atoms in total. The Morgan fingerprint density at radius 2 is 1.71 bits per heavy atom. The van der Waals surface area contributed by atoms with Gasteiger partial charge in [-0.3, -0.25) is 0 Å². The second-order valence-corrected chi connectivity index (χ2v) is 9.58. The number of anilines is 1. The van der Waals surface area contributed by atoms with Crippen LogP contribution >= 0.6 is 11.6 Å². The van der Waals surface area contributed by atoms with Gasteiger partial charge in [0, 0.05) is 37.8 Å². The Labute approximate surface area is 187 Å². The summed E-state index contributed by atoms with van der Waals surface area (Å²) in [6.07, 6.45) is 1.55. The summed E-state index contributed by atoms with van der Waals surface area (Å²) in [5.41, 5.74) is 2.45. The maximum Gasteiger partial charge on any atom is 0.243 e. The van der Waals surface area contributed by atoms with E-state index >= 15 is 0 Å². The predicted molar refractivity (Wildman–Crippen MR) is 121 cm³/mol. The van der Waals surface area contributed by atoms with Crippen LogP contribution in [-0.4, -0.2) is 56.0 Å². The van der Waals surface area contributed by atoms with Crippen LogP contribution in [0, 0.1) is 6.92 Å². The Bertz CT molecular complexity index is 1180.